The van der Waals surface area contributed by atoms with Crippen LogP contribution in [0, 0.1) is 0 Å². The van der Waals surface area contributed by atoms with Gasteiger partial charge in [0.25, 0.3) is 0 Å². The summed E-state index contributed by atoms with van der Waals surface area (Å²) >= 11 is 0. The van der Waals surface area contributed by atoms with Gasteiger partial charge >= 0.3 is 13.4 Å². The second-order valence-electron chi connectivity index (χ2n) is 6.80. The molecule has 1 fully saturated rings. The number of fused-ring (bicyclic) bond motifs is 1. The van der Waals surface area contributed by atoms with Crippen LogP contribution in [-0.2, 0) is 15.9 Å². The standard InChI is InChI=1S/C19H24BN3O6/c1-2-18(24)23-9-5-6-14(23)11-21-19(25)22-17(29-20(26)27)10-13-12-28-16-8-4-3-7-15(13)16/h2-4,7-8,12,14,17,26-27H,1,5-6,9-11H2,(H2,21,22,25)/t14-,17-/m1/s1. The second kappa shape index (κ2) is 9.59. The topological polar surface area (TPSA) is 124 Å². The summed E-state index contributed by atoms with van der Waals surface area (Å²) in [4.78, 5) is 25.8. The van der Waals surface area contributed by atoms with Crippen LogP contribution in [0.4, 0.5) is 4.79 Å². The Hall–Kier alpha value is -2.82. The van der Waals surface area contributed by atoms with Crippen LogP contribution in [0.25, 0.3) is 11.0 Å². The maximum atomic E-state index is 12.3. The number of para-hydroxylation sites is 1. The Bertz CT molecular complexity index is 871. The zero-order valence-corrected chi connectivity index (χ0v) is 15.9. The van der Waals surface area contributed by atoms with E-state index in [1.54, 1.807) is 11.2 Å². The molecular formula is C19H24BN3O6. The van der Waals surface area contributed by atoms with E-state index in [2.05, 4.69) is 17.2 Å². The van der Waals surface area contributed by atoms with E-state index >= 15 is 0 Å². The monoisotopic (exact) mass is 401 g/mol. The van der Waals surface area contributed by atoms with E-state index in [9.17, 15) is 19.6 Å². The van der Waals surface area contributed by atoms with Gasteiger partial charge in [0.05, 0.1) is 6.26 Å². The summed E-state index contributed by atoms with van der Waals surface area (Å²) in [6, 6.07) is 6.74. The summed E-state index contributed by atoms with van der Waals surface area (Å²) in [6.07, 6.45) is 3.64. The largest absolute Gasteiger partial charge is 0.635 e. The number of carbonyl (C=O) groups is 2. The first-order valence-electron chi connectivity index (χ1n) is 9.42. The van der Waals surface area contributed by atoms with Gasteiger partial charge in [0, 0.05) is 36.5 Å². The quantitative estimate of drug-likeness (QED) is 0.294. The van der Waals surface area contributed by atoms with E-state index < -0.39 is 19.6 Å². The van der Waals surface area contributed by atoms with Gasteiger partial charge in [0.15, 0.2) is 0 Å². The van der Waals surface area contributed by atoms with Gasteiger partial charge in [0.1, 0.15) is 11.8 Å². The Balaban J connectivity index is 1.58. The molecule has 1 aliphatic rings. The molecule has 3 rings (SSSR count). The first-order valence-corrected chi connectivity index (χ1v) is 9.42. The number of nitrogens with zero attached hydrogens (tertiary/aromatic N) is 1. The highest BCUT2D eigenvalue weighted by Gasteiger charge is 2.28. The van der Waals surface area contributed by atoms with Crippen molar-refractivity contribution in [3.05, 3.63) is 48.7 Å². The van der Waals surface area contributed by atoms with Gasteiger partial charge in [-0.1, -0.05) is 24.8 Å². The molecule has 154 valence electrons. The predicted octanol–water partition coefficient (Wildman–Crippen LogP) is 0.764. The summed E-state index contributed by atoms with van der Waals surface area (Å²) < 4.78 is 10.5. The zero-order chi connectivity index (χ0) is 20.8. The Morgan fingerprint density at radius 1 is 1.41 bits per heavy atom. The molecule has 1 aliphatic heterocycles. The molecule has 1 aromatic heterocycles. The van der Waals surface area contributed by atoms with E-state index in [0.717, 1.165) is 23.8 Å². The second-order valence-corrected chi connectivity index (χ2v) is 6.80. The van der Waals surface area contributed by atoms with Crippen molar-refractivity contribution < 1.29 is 28.7 Å². The molecule has 2 heterocycles. The molecule has 0 saturated carbocycles. The highest BCUT2D eigenvalue weighted by Crippen LogP contribution is 2.22. The number of amides is 3. The van der Waals surface area contributed by atoms with Crippen LogP contribution in [0.2, 0.25) is 0 Å². The molecular weight excluding hydrogens is 377 g/mol. The molecule has 1 aromatic carbocycles. The van der Waals surface area contributed by atoms with Crippen molar-refractivity contribution in [3.63, 3.8) is 0 Å². The molecule has 3 amide bonds. The minimum atomic E-state index is -2.05. The van der Waals surface area contributed by atoms with Crippen molar-refractivity contribution in [2.24, 2.45) is 0 Å². The SMILES string of the molecule is C=CC(=O)N1CCC[C@@H]1CNC(=O)N[C@@H](Cc1coc2ccccc12)OB(O)O. The Labute approximate surface area is 168 Å². The lowest BCUT2D eigenvalue weighted by molar-refractivity contribution is -0.126. The first kappa shape index (κ1) is 20.9. The Morgan fingerprint density at radius 3 is 2.97 bits per heavy atom. The fraction of sp³-hybridized carbons (Fsp3) is 0.368. The van der Waals surface area contributed by atoms with Crippen molar-refractivity contribution in [1.29, 1.82) is 0 Å². The van der Waals surface area contributed by atoms with Gasteiger partial charge in [-0.05, 0) is 25.0 Å². The van der Waals surface area contributed by atoms with Crippen LogP contribution in [0.5, 0.6) is 0 Å². The molecule has 2 atom stereocenters. The minimum absolute atomic E-state index is 0.105. The number of furan rings is 1. The third-order valence-corrected chi connectivity index (χ3v) is 4.88. The molecule has 0 aliphatic carbocycles. The summed E-state index contributed by atoms with van der Waals surface area (Å²) in [5, 5.41) is 24.5. The normalized spacial score (nSPS) is 17.2. The van der Waals surface area contributed by atoms with Crippen LogP contribution < -0.4 is 10.6 Å². The van der Waals surface area contributed by atoms with E-state index in [1.807, 2.05) is 24.3 Å². The molecule has 29 heavy (non-hydrogen) atoms. The van der Waals surface area contributed by atoms with E-state index in [4.69, 9.17) is 9.07 Å². The van der Waals surface area contributed by atoms with Crippen LogP contribution in [0.3, 0.4) is 0 Å². The van der Waals surface area contributed by atoms with Gasteiger partial charge in [0.2, 0.25) is 5.91 Å². The van der Waals surface area contributed by atoms with Crippen molar-refractivity contribution in [2.75, 3.05) is 13.1 Å². The van der Waals surface area contributed by atoms with Crippen LogP contribution in [0.1, 0.15) is 18.4 Å². The average molecular weight is 401 g/mol. The lowest BCUT2D eigenvalue weighted by Gasteiger charge is -2.24. The lowest BCUT2D eigenvalue weighted by Crippen LogP contribution is -2.50. The van der Waals surface area contributed by atoms with Gasteiger partial charge in [-0.15, -0.1) is 0 Å². The Kier molecular flexibility index (Phi) is 6.92. The van der Waals surface area contributed by atoms with Crippen molar-refractivity contribution >= 4 is 30.2 Å². The highest BCUT2D eigenvalue weighted by atomic mass is 16.6. The van der Waals surface area contributed by atoms with Gasteiger partial charge < -0.3 is 34.7 Å². The number of nitrogens with one attached hydrogen (secondary N) is 2. The van der Waals surface area contributed by atoms with Crippen LogP contribution in [-0.4, -0.2) is 59.6 Å². The molecule has 0 bridgehead atoms. The summed E-state index contributed by atoms with van der Waals surface area (Å²) in [6.45, 7) is 4.40. The molecule has 9 nitrogen and oxygen atoms in total. The number of benzene rings is 1. The van der Waals surface area contributed by atoms with E-state index in [0.29, 0.717) is 12.1 Å². The molecule has 0 spiro atoms. The fourth-order valence-electron chi connectivity index (χ4n) is 3.53. The summed E-state index contributed by atoms with van der Waals surface area (Å²) in [7, 11) is -2.05. The number of likely N-dealkylation sites (tertiary alicyclic amines) is 1. The summed E-state index contributed by atoms with van der Waals surface area (Å²) in [5.74, 6) is -0.161. The fourth-order valence-corrected chi connectivity index (χ4v) is 3.53. The van der Waals surface area contributed by atoms with E-state index in [-0.39, 0.29) is 24.9 Å². The molecule has 2 aromatic rings. The highest BCUT2D eigenvalue weighted by molar-refractivity contribution is 6.32. The zero-order valence-electron chi connectivity index (χ0n) is 15.9. The predicted molar refractivity (Wildman–Crippen MR) is 106 cm³/mol. The molecule has 10 heteroatoms. The first-order chi connectivity index (χ1) is 14.0. The Morgan fingerprint density at radius 2 is 2.21 bits per heavy atom. The lowest BCUT2D eigenvalue weighted by atomic mass is 10.1. The number of hydrogen-bond donors (Lipinski definition) is 4. The molecule has 1 saturated heterocycles. The molecule has 0 unspecified atom stereocenters. The van der Waals surface area contributed by atoms with Gasteiger partial charge in [-0.25, -0.2) is 4.79 Å². The van der Waals surface area contributed by atoms with E-state index in [1.165, 1.54) is 6.08 Å². The van der Waals surface area contributed by atoms with Crippen molar-refractivity contribution in [3.8, 4) is 0 Å². The smallest absolute Gasteiger partial charge is 0.464 e. The van der Waals surface area contributed by atoms with Crippen LogP contribution in [0.15, 0.2) is 47.6 Å². The van der Waals surface area contributed by atoms with Crippen molar-refractivity contribution in [2.45, 2.75) is 31.5 Å². The molecule has 4 N–H and O–H groups in total. The van der Waals surface area contributed by atoms with Crippen molar-refractivity contribution in [1.82, 2.24) is 15.5 Å². The number of rotatable bonds is 8. The maximum Gasteiger partial charge on any atom is 0.635 e. The number of hydrogen-bond acceptors (Lipinski definition) is 6. The third-order valence-electron chi connectivity index (χ3n) is 4.88. The minimum Gasteiger partial charge on any atom is -0.464 e. The number of carbonyl (C=O) groups excluding carboxylic acids is 2. The van der Waals surface area contributed by atoms with Crippen LogP contribution >= 0.6 is 0 Å². The van der Waals surface area contributed by atoms with Gasteiger partial charge in [-0.2, -0.15) is 0 Å². The average Bonchev–Trinajstić information content (AvgIpc) is 3.32. The number of urea groups is 1. The summed E-state index contributed by atoms with van der Waals surface area (Å²) in [5.41, 5.74) is 1.44. The van der Waals surface area contributed by atoms with Gasteiger partial charge in [-0.3, -0.25) is 4.79 Å². The molecule has 0 radical (unpaired) electrons. The third kappa shape index (κ3) is 5.38. The maximum absolute atomic E-state index is 12.3.